The van der Waals surface area contributed by atoms with Crippen LogP contribution in [0.3, 0.4) is 0 Å². The molecule has 1 N–H and O–H groups in total. The Morgan fingerprint density at radius 3 is 2.70 bits per heavy atom. The first-order valence-corrected chi connectivity index (χ1v) is 7.08. The second kappa shape index (κ2) is 6.18. The quantitative estimate of drug-likeness (QED) is 0.849. The van der Waals surface area contributed by atoms with E-state index in [4.69, 9.17) is 4.42 Å². The van der Waals surface area contributed by atoms with Crippen molar-refractivity contribution < 1.29 is 4.42 Å². The summed E-state index contributed by atoms with van der Waals surface area (Å²) in [4.78, 5) is 0. The fraction of sp³-hybridized carbons (Fsp3) is 0.500. The molecule has 0 aliphatic rings. The fourth-order valence-corrected chi connectivity index (χ4v) is 1.95. The van der Waals surface area contributed by atoms with E-state index in [0.29, 0.717) is 11.8 Å². The van der Waals surface area contributed by atoms with Crippen molar-refractivity contribution in [1.29, 1.82) is 0 Å². The van der Waals surface area contributed by atoms with Crippen LogP contribution in [-0.2, 0) is 6.42 Å². The molecule has 0 unspecified atom stereocenters. The third-order valence-electron chi connectivity index (χ3n) is 2.95. The average Bonchev–Trinajstić information content (AvgIpc) is 2.82. The van der Waals surface area contributed by atoms with Crippen molar-refractivity contribution in [2.24, 2.45) is 0 Å². The molecule has 0 atom stereocenters. The number of nitrogens with zero attached hydrogens (tertiary/aromatic N) is 2. The molecular formula is C16H23N3O. The van der Waals surface area contributed by atoms with Crippen LogP contribution in [0.4, 0.5) is 0 Å². The standard InChI is InChI=1S/C16H23N3O/c1-12-7-5-8-13(11-12)15-19-18-14(20-15)9-6-10-17-16(2,3)4/h5,7-8,11,17H,6,9-10H2,1-4H3. The minimum atomic E-state index is 0.154. The molecule has 20 heavy (non-hydrogen) atoms. The van der Waals surface area contributed by atoms with Gasteiger partial charge in [-0.05, 0) is 52.8 Å². The zero-order chi connectivity index (χ0) is 14.6. The molecule has 1 aromatic carbocycles. The van der Waals surface area contributed by atoms with Crippen LogP contribution in [0.25, 0.3) is 11.5 Å². The van der Waals surface area contributed by atoms with E-state index in [9.17, 15) is 0 Å². The lowest BCUT2D eigenvalue weighted by Gasteiger charge is -2.19. The van der Waals surface area contributed by atoms with Crippen LogP contribution in [-0.4, -0.2) is 22.3 Å². The van der Waals surface area contributed by atoms with E-state index in [-0.39, 0.29) is 5.54 Å². The van der Waals surface area contributed by atoms with E-state index in [2.05, 4.69) is 55.3 Å². The first kappa shape index (κ1) is 14.7. The zero-order valence-corrected chi connectivity index (χ0v) is 12.7. The summed E-state index contributed by atoms with van der Waals surface area (Å²) in [5.41, 5.74) is 2.33. The van der Waals surface area contributed by atoms with Crippen LogP contribution in [0.5, 0.6) is 0 Å². The minimum absolute atomic E-state index is 0.154. The van der Waals surface area contributed by atoms with Gasteiger partial charge in [0, 0.05) is 17.5 Å². The highest BCUT2D eigenvalue weighted by molar-refractivity contribution is 5.53. The smallest absolute Gasteiger partial charge is 0.247 e. The van der Waals surface area contributed by atoms with Gasteiger partial charge in [0.25, 0.3) is 0 Å². The molecule has 2 rings (SSSR count). The number of aromatic nitrogens is 2. The lowest BCUT2D eigenvalue weighted by Crippen LogP contribution is -2.36. The predicted octanol–water partition coefficient (Wildman–Crippen LogP) is 3.37. The van der Waals surface area contributed by atoms with Crippen LogP contribution in [0.2, 0.25) is 0 Å². The van der Waals surface area contributed by atoms with Gasteiger partial charge in [0.1, 0.15) is 0 Å². The van der Waals surface area contributed by atoms with Crippen molar-refractivity contribution in [1.82, 2.24) is 15.5 Å². The summed E-state index contributed by atoms with van der Waals surface area (Å²) in [6.07, 6.45) is 1.80. The summed E-state index contributed by atoms with van der Waals surface area (Å²) in [5, 5.41) is 11.7. The maximum atomic E-state index is 5.71. The molecule has 4 heteroatoms. The molecule has 1 aromatic heterocycles. The van der Waals surface area contributed by atoms with E-state index in [0.717, 1.165) is 24.9 Å². The topological polar surface area (TPSA) is 51.0 Å². The number of aryl methyl sites for hydroxylation is 2. The van der Waals surface area contributed by atoms with Gasteiger partial charge in [-0.25, -0.2) is 0 Å². The molecule has 0 aliphatic carbocycles. The van der Waals surface area contributed by atoms with Gasteiger partial charge in [-0.15, -0.1) is 10.2 Å². The van der Waals surface area contributed by atoms with Crippen molar-refractivity contribution in [3.63, 3.8) is 0 Å². The Bertz CT molecular complexity index is 555. The molecule has 2 aromatic rings. The van der Waals surface area contributed by atoms with Gasteiger partial charge in [0.15, 0.2) is 0 Å². The Labute approximate surface area is 120 Å². The van der Waals surface area contributed by atoms with Crippen molar-refractivity contribution in [2.45, 2.75) is 46.1 Å². The molecular weight excluding hydrogens is 250 g/mol. The summed E-state index contributed by atoms with van der Waals surface area (Å²) in [6, 6.07) is 8.10. The molecule has 0 aliphatic heterocycles. The summed E-state index contributed by atoms with van der Waals surface area (Å²) in [6.45, 7) is 9.49. The van der Waals surface area contributed by atoms with Crippen LogP contribution in [0.15, 0.2) is 28.7 Å². The summed E-state index contributed by atoms with van der Waals surface area (Å²) >= 11 is 0. The molecule has 0 amide bonds. The van der Waals surface area contributed by atoms with Crippen LogP contribution < -0.4 is 5.32 Å². The van der Waals surface area contributed by atoms with E-state index < -0.39 is 0 Å². The van der Waals surface area contributed by atoms with Crippen molar-refractivity contribution in [3.05, 3.63) is 35.7 Å². The Morgan fingerprint density at radius 1 is 1.20 bits per heavy atom. The van der Waals surface area contributed by atoms with Gasteiger partial charge in [0.2, 0.25) is 11.8 Å². The van der Waals surface area contributed by atoms with Crippen LogP contribution in [0.1, 0.15) is 38.6 Å². The average molecular weight is 273 g/mol. The van der Waals surface area contributed by atoms with E-state index in [1.807, 2.05) is 12.1 Å². The molecule has 0 saturated carbocycles. The molecule has 0 saturated heterocycles. The van der Waals surface area contributed by atoms with Gasteiger partial charge in [0.05, 0.1) is 0 Å². The van der Waals surface area contributed by atoms with Crippen molar-refractivity contribution in [2.75, 3.05) is 6.54 Å². The SMILES string of the molecule is Cc1cccc(-c2nnc(CCCNC(C)(C)C)o2)c1. The zero-order valence-electron chi connectivity index (χ0n) is 12.7. The number of hydrogen-bond donors (Lipinski definition) is 1. The fourth-order valence-electron chi connectivity index (χ4n) is 1.95. The third-order valence-corrected chi connectivity index (χ3v) is 2.95. The summed E-state index contributed by atoms with van der Waals surface area (Å²) in [7, 11) is 0. The van der Waals surface area contributed by atoms with Crippen LogP contribution >= 0.6 is 0 Å². The molecule has 0 fully saturated rings. The first-order valence-electron chi connectivity index (χ1n) is 7.08. The second-order valence-electron chi connectivity index (χ2n) is 6.15. The van der Waals surface area contributed by atoms with Gasteiger partial charge in [-0.2, -0.15) is 0 Å². The Morgan fingerprint density at radius 2 is 2.00 bits per heavy atom. The first-order chi connectivity index (χ1) is 9.44. The normalized spacial score (nSPS) is 11.8. The highest BCUT2D eigenvalue weighted by Gasteiger charge is 2.10. The highest BCUT2D eigenvalue weighted by atomic mass is 16.4. The number of nitrogens with one attached hydrogen (secondary N) is 1. The lowest BCUT2D eigenvalue weighted by atomic mass is 10.1. The summed E-state index contributed by atoms with van der Waals surface area (Å²) in [5.74, 6) is 1.31. The number of benzene rings is 1. The maximum absolute atomic E-state index is 5.71. The minimum Gasteiger partial charge on any atom is -0.421 e. The molecule has 1 heterocycles. The molecule has 0 bridgehead atoms. The van der Waals surface area contributed by atoms with E-state index in [1.165, 1.54) is 5.56 Å². The van der Waals surface area contributed by atoms with Crippen molar-refractivity contribution >= 4 is 0 Å². The second-order valence-corrected chi connectivity index (χ2v) is 6.15. The third kappa shape index (κ3) is 4.46. The Balaban J connectivity index is 1.90. The van der Waals surface area contributed by atoms with Crippen molar-refractivity contribution in [3.8, 4) is 11.5 Å². The van der Waals surface area contributed by atoms with E-state index in [1.54, 1.807) is 0 Å². The largest absolute Gasteiger partial charge is 0.421 e. The lowest BCUT2D eigenvalue weighted by molar-refractivity contribution is 0.412. The van der Waals surface area contributed by atoms with Gasteiger partial charge < -0.3 is 9.73 Å². The van der Waals surface area contributed by atoms with Gasteiger partial charge >= 0.3 is 0 Å². The van der Waals surface area contributed by atoms with E-state index >= 15 is 0 Å². The molecule has 108 valence electrons. The number of hydrogen-bond acceptors (Lipinski definition) is 4. The monoisotopic (exact) mass is 273 g/mol. The Kier molecular flexibility index (Phi) is 4.55. The molecule has 0 spiro atoms. The highest BCUT2D eigenvalue weighted by Crippen LogP contribution is 2.19. The van der Waals surface area contributed by atoms with Gasteiger partial charge in [-0.3, -0.25) is 0 Å². The van der Waals surface area contributed by atoms with Gasteiger partial charge in [-0.1, -0.05) is 17.7 Å². The number of rotatable bonds is 5. The van der Waals surface area contributed by atoms with Crippen LogP contribution in [0, 0.1) is 6.92 Å². The molecule has 4 nitrogen and oxygen atoms in total. The summed E-state index contributed by atoms with van der Waals surface area (Å²) < 4.78 is 5.71. The Hall–Kier alpha value is -1.68. The molecule has 0 radical (unpaired) electrons. The predicted molar refractivity (Wildman–Crippen MR) is 80.5 cm³/mol. The maximum Gasteiger partial charge on any atom is 0.247 e.